The molecule has 0 aliphatic rings. The fraction of sp³-hybridized carbons (Fsp3) is 0.182. The number of hydrogen-bond donors (Lipinski definition) is 1. The van der Waals surface area contributed by atoms with Gasteiger partial charge in [0.2, 0.25) is 0 Å². The molecule has 0 spiro atoms. The highest BCUT2D eigenvalue weighted by molar-refractivity contribution is 5.76. The lowest BCUT2D eigenvalue weighted by Gasteiger charge is -1.91. The van der Waals surface area contributed by atoms with Gasteiger partial charge in [-0.3, -0.25) is 0 Å². The molecular weight excluding hydrogens is 146 g/mol. The molecule has 0 unspecified atom stereocenters. The number of nitrogens with one attached hydrogen (secondary N) is 1. The topological polar surface area (TPSA) is 23.9 Å². The van der Waals surface area contributed by atoms with Gasteiger partial charge in [0.1, 0.15) is 0 Å². The van der Waals surface area contributed by atoms with Crippen LogP contribution < -0.4 is 0 Å². The second-order valence-corrected chi connectivity index (χ2v) is 2.18. The first-order valence-electron chi connectivity index (χ1n) is 3.78. The van der Waals surface area contributed by atoms with Crippen LogP contribution in [0.3, 0.4) is 0 Å². The molecule has 0 rings (SSSR count). The Hall–Kier alpha value is -1.55. The van der Waals surface area contributed by atoms with Gasteiger partial charge < -0.3 is 5.41 Å². The molecule has 0 fully saturated rings. The van der Waals surface area contributed by atoms with Crippen molar-refractivity contribution in [2.75, 3.05) is 0 Å². The summed E-state index contributed by atoms with van der Waals surface area (Å²) in [6.45, 7) is 1.96. The summed E-state index contributed by atoms with van der Waals surface area (Å²) in [5.74, 6) is 2.38. The first kappa shape index (κ1) is 10.4. The Morgan fingerprint density at radius 3 is 2.83 bits per heavy atom. The van der Waals surface area contributed by atoms with Gasteiger partial charge in [0.15, 0.2) is 0 Å². The second kappa shape index (κ2) is 7.56. The average molecular weight is 159 g/mol. The van der Waals surface area contributed by atoms with Crippen LogP contribution in [0.1, 0.15) is 13.3 Å². The molecule has 1 N–H and O–H groups in total. The summed E-state index contributed by atoms with van der Waals surface area (Å²) in [7, 11) is 0. The lowest BCUT2D eigenvalue weighted by molar-refractivity contribution is 1.31. The molecule has 0 bridgehead atoms. The summed E-state index contributed by atoms with van der Waals surface area (Å²) in [5, 5.41) is 7.06. The van der Waals surface area contributed by atoms with E-state index in [1.54, 1.807) is 12.2 Å². The third-order valence-electron chi connectivity index (χ3n) is 1.28. The molecule has 12 heavy (non-hydrogen) atoms. The molecule has 0 aromatic heterocycles. The first-order chi connectivity index (χ1) is 5.85. The van der Waals surface area contributed by atoms with Gasteiger partial charge in [0, 0.05) is 6.21 Å². The lowest BCUT2D eigenvalue weighted by Crippen LogP contribution is -1.79. The van der Waals surface area contributed by atoms with E-state index >= 15 is 0 Å². The van der Waals surface area contributed by atoms with Crippen molar-refractivity contribution in [1.29, 1.82) is 5.41 Å². The number of allylic oxidation sites excluding steroid dienone is 6. The van der Waals surface area contributed by atoms with Crippen molar-refractivity contribution in [3.8, 4) is 12.3 Å². The molecule has 0 radical (unpaired) electrons. The number of rotatable bonds is 4. The first-order valence-corrected chi connectivity index (χ1v) is 3.78. The van der Waals surface area contributed by atoms with E-state index in [4.69, 9.17) is 11.8 Å². The van der Waals surface area contributed by atoms with E-state index in [2.05, 4.69) is 5.92 Å². The Bertz CT molecular complexity index is 249. The minimum Gasteiger partial charge on any atom is -0.308 e. The smallest absolute Gasteiger partial charge is 0.0212 e. The highest BCUT2D eigenvalue weighted by atomic mass is 14.3. The number of hydrogen-bond acceptors (Lipinski definition) is 1. The van der Waals surface area contributed by atoms with Crippen LogP contribution >= 0.6 is 0 Å². The molecule has 0 saturated heterocycles. The van der Waals surface area contributed by atoms with Crippen LogP contribution in [0.25, 0.3) is 0 Å². The van der Waals surface area contributed by atoms with Crippen LogP contribution in [0.15, 0.2) is 36.0 Å². The van der Waals surface area contributed by atoms with Gasteiger partial charge in [-0.15, -0.1) is 6.42 Å². The highest BCUT2D eigenvalue weighted by Gasteiger charge is 1.84. The summed E-state index contributed by atoms with van der Waals surface area (Å²) in [4.78, 5) is 0. The van der Waals surface area contributed by atoms with Crippen LogP contribution in [-0.2, 0) is 0 Å². The van der Waals surface area contributed by atoms with Gasteiger partial charge in [-0.05, 0) is 25.0 Å². The molecule has 0 saturated carbocycles. The Kier molecular flexibility index (Phi) is 6.58. The second-order valence-electron chi connectivity index (χ2n) is 2.18. The zero-order valence-electron chi connectivity index (χ0n) is 7.25. The third-order valence-corrected chi connectivity index (χ3v) is 1.28. The maximum Gasteiger partial charge on any atom is 0.0212 e. The minimum absolute atomic E-state index is 0.787. The van der Waals surface area contributed by atoms with E-state index in [9.17, 15) is 0 Å². The molecular formula is C11H13N. The maximum absolute atomic E-state index is 7.06. The molecule has 0 aliphatic heterocycles. The lowest BCUT2D eigenvalue weighted by atomic mass is 10.2. The summed E-state index contributed by atoms with van der Waals surface area (Å²) < 4.78 is 0. The Morgan fingerprint density at radius 2 is 2.33 bits per heavy atom. The summed E-state index contributed by atoms with van der Waals surface area (Å²) in [6.07, 6.45) is 16.3. The highest BCUT2D eigenvalue weighted by Crippen LogP contribution is 1.98. The van der Waals surface area contributed by atoms with E-state index < -0.39 is 0 Å². The van der Waals surface area contributed by atoms with Crippen molar-refractivity contribution < 1.29 is 0 Å². The monoisotopic (exact) mass is 159 g/mol. The van der Waals surface area contributed by atoms with E-state index in [1.165, 1.54) is 6.21 Å². The molecule has 0 amide bonds. The van der Waals surface area contributed by atoms with E-state index in [0.717, 1.165) is 12.0 Å². The Morgan fingerprint density at radius 1 is 1.58 bits per heavy atom. The van der Waals surface area contributed by atoms with Crippen LogP contribution in [0, 0.1) is 17.8 Å². The molecule has 1 nitrogen and oxygen atoms in total. The van der Waals surface area contributed by atoms with E-state index in [0.29, 0.717) is 0 Å². The van der Waals surface area contributed by atoms with Crippen molar-refractivity contribution in [2.24, 2.45) is 0 Å². The van der Waals surface area contributed by atoms with Gasteiger partial charge in [-0.2, -0.15) is 0 Å². The van der Waals surface area contributed by atoms with Crippen molar-refractivity contribution in [2.45, 2.75) is 13.3 Å². The van der Waals surface area contributed by atoms with Gasteiger partial charge in [0.25, 0.3) is 0 Å². The fourth-order valence-corrected chi connectivity index (χ4v) is 0.656. The van der Waals surface area contributed by atoms with Gasteiger partial charge in [-0.25, -0.2) is 0 Å². The molecule has 1 heteroatoms. The van der Waals surface area contributed by atoms with Crippen LogP contribution in [0.2, 0.25) is 0 Å². The SMILES string of the molecule is C#C/C=C\C=C(\C=N)C/C=C\C. The van der Waals surface area contributed by atoms with Crippen molar-refractivity contribution in [3.05, 3.63) is 36.0 Å². The zero-order chi connectivity index (χ0) is 9.23. The largest absolute Gasteiger partial charge is 0.308 e. The minimum atomic E-state index is 0.787. The van der Waals surface area contributed by atoms with Gasteiger partial charge in [0.05, 0.1) is 0 Å². The maximum atomic E-state index is 7.06. The van der Waals surface area contributed by atoms with Crippen molar-refractivity contribution >= 4 is 6.21 Å². The fourth-order valence-electron chi connectivity index (χ4n) is 0.656. The zero-order valence-corrected chi connectivity index (χ0v) is 7.25. The van der Waals surface area contributed by atoms with Gasteiger partial charge >= 0.3 is 0 Å². The Labute approximate surface area is 74.0 Å². The Balaban J connectivity index is 4.15. The molecule has 0 aromatic carbocycles. The molecule has 0 atom stereocenters. The van der Waals surface area contributed by atoms with E-state index in [1.807, 2.05) is 25.2 Å². The number of terminal acetylenes is 1. The quantitative estimate of drug-likeness (QED) is 0.282. The van der Waals surface area contributed by atoms with E-state index in [-0.39, 0.29) is 0 Å². The molecule has 0 aliphatic carbocycles. The standard InChI is InChI=1S/C11H13N/c1-3-5-7-9-11(10-12)8-6-4-2/h1,4-7,9-10,12H,8H2,2H3/b6-4-,7-5-,11-9+,12-10?. The molecule has 0 heterocycles. The summed E-state index contributed by atoms with van der Waals surface area (Å²) in [5.41, 5.74) is 0.944. The van der Waals surface area contributed by atoms with Crippen molar-refractivity contribution in [1.82, 2.24) is 0 Å². The van der Waals surface area contributed by atoms with Gasteiger partial charge in [-0.1, -0.05) is 30.2 Å². The predicted octanol–water partition coefficient (Wildman–Crippen LogP) is 2.72. The van der Waals surface area contributed by atoms with Crippen molar-refractivity contribution in [3.63, 3.8) is 0 Å². The normalized spacial score (nSPS) is 12.2. The third kappa shape index (κ3) is 5.25. The molecule has 62 valence electrons. The summed E-state index contributed by atoms with van der Waals surface area (Å²) in [6, 6.07) is 0. The van der Waals surface area contributed by atoms with Crippen LogP contribution in [0.4, 0.5) is 0 Å². The molecule has 0 aromatic rings. The average Bonchev–Trinajstić information content (AvgIpc) is 2.11. The summed E-state index contributed by atoms with van der Waals surface area (Å²) >= 11 is 0. The van der Waals surface area contributed by atoms with Crippen LogP contribution in [-0.4, -0.2) is 6.21 Å². The predicted molar refractivity (Wildman–Crippen MR) is 54.3 cm³/mol. The van der Waals surface area contributed by atoms with Crippen LogP contribution in [0.5, 0.6) is 0 Å².